The van der Waals surface area contributed by atoms with Crippen molar-refractivity contribution in [3.05, 3.63) is 22.4 Å². The highest BCUT2D eigenvalue weighted by Crippen LogP contribution is 2.19. The van der Waals surface area contributed by atoms with E-state index in [1.165, 1.54) is 19.9 Å². The fourth-order valence-corrected chi connectivity index (χ4v) is 5.55. The Kier molecular flexibility index (Phi) is 5.88. The minimum Gasteiger partial charge on any atom is -0.340 e. The van der Waals surface area contributed by atoms with E-state index in [0.717, 1.165) is 12.8 Å². The van der Waals surface area contributed by atoms with Crippen molar-refractivity contribution in [2.45, 2.75) is 25.7 Å². The van der Waals surface area contributed by atoms with Gasteiger partial charge < -0.3 is 4.90 Å². The Balaban J connectivity index is 1.47. The molecule has 0 N–H and O–H groups in total. The highest BCUT2D eigenvalue weighted by Gasteiger charge is 2.34. The van der Waals surface area contributed by atoms with Gasteiger partial charge >= 0.3 is 0 Å². The fraction of sp³-hybridized carbons (Fsp3) is 0.625. The Bertz CT molecular complexity index is 704. The average Bonchev–Trinajstić information content (AvgIpc) is 3.33. The van der Waals surface area contributed by atoms with E-state index in [1.807, 2.05) is 11.4 Å². The van der Waals surface area contributed by atoms with Crippen molar-refractivity contribution in [2.75, 3.05) is 39.3 Å². The van der Waals surface area contributed by atoms with Crippen LogP contribution < -0.4 is 0 Å². The molecular formula is C16H23N3O4S2. The van der Waals surface area contributed by atoms with E-state index in [2.05, 4.69) is 0 Å². The molecule has 1 amide bonds. The number of carbonyl (C=O) groups is 2. The molecule has 1 aromatic heterocycles. The lowest BCUT2D eigenvalue weighted by molar-refractivity contribution is -0.132. The van der Waals surface area contributed by atoms with E-state index in [1.54, 1.807) is 11.0 Å². The lowest BCUT2D eigenvalue weighted by atomic mass is 10.1. The van der Waals surface area contributed by atoms with Crippen LogP contribution >= 0.6 is 11.3 Å². The molecule has 2 aliphatic rings. The van der Waals surface area contributed by atoms with Crippen LogP contribution in [-0.4, -0.2) is 72.9 Å². The molecule has 0 bridgehead atoms. The van der Waals surface area contributed by atoms with Crippen LogP contribution in [0.3, 0.4) is 0 Å². The zero-order chi connectivity index (χ0) is 17.9. The first-order valence-electron chi connectivity index (χ1n) is 8.58. The van der Waals surface area contributed by atoms with Crippen molar-refractivity contribution < 1.29 is 18.0 Å². The van der Waals surface area contributed by atoms with Crippen LogP contribution in [0.25, 0.3) is 0 Å². The molecule has 2 aliphatic heterocycles. The second kappa shape index (κ2) is 7.94. The molecule has 3 rings (SSSR count). The van der Waals surface area contributed by atoms with Crippen LogP contribution in [0.15, 0.2) is 17.5 Å². The van der Waals surface area contributed by atoms with E-state index in [4.69, 9.17) is 0 Å². The first kappa shape index (κ1) is 18.5. The first-order chi connectivity index (χ1) is 12.0. The number of piperazine rings is 1. The normalized spacial score (nSPS) is 20.1. The van der Waals surface area contributed by atoms with Crippen LogP contribution in [0.1, 0.15) is 35.4 Å². The third-order valence-corrected chi connectivity index (χ3v) is 7.62. The number of carbonyl (C=O) groups excluding carboxylic acids is 2. The van der Waals surface area contributed by atoms with E-state index in [-0.39, 0.29) is 24.5 Å². The molecular weight excluding hydrogens is 362 g/mol. The number of amides is 1. The molecule has 9 heteroatoms. The van der Waals surface area contributed by atoms with Crippen molar-refractivity contribution in [1.29, 1.82) is 0 Å². The van der Waals surface area contributed by atoms with Gasteiger partial charge in [-0.25, -0.2) is 0 Å². The Morgan fingerprint density at radius 1 is 0.960 bits per heavy atom. The summed E-state index contributed by atoms with van der Waals surface area (Å²) in [6, 6.07) is 3.58. The molecule has 2 saturated heterocycles. The maximum absolute atomic E-state index is 12.5. The summed E-state index contributed by atoms with van der Waals surface area (Å²) in [5.41, 5.74) is 0. The predicted octanol–water partition coefficient (Wildman–Crippen LogP) is 1.20. The number of hydrogen-bond acceptors (Lipinski definition) is 5. The smallest absolute Gasteiger partial charge is 0.282 e. The van der Waals surface area contributed by atoms with E-state index >= 15 is 0 Å². The minimum atomic E-state index is -3.39. The number of hydrogen-bond donors (Lipinski definition) is 0. The molecule has 0 aliphatic carbocycles. The summed E-state index contributed by atoms with van der Waals surface area (Å²) < 4.78 is 28.0. The number of ketones is 1. The second-order valence-electron chi connectivity index (χ2n) is 6.29. The molecule has 1 aromatic rings. The van der Waals surface area contributed by atoms with Gasteiger partial charge in [0.15, 0.2) is 5.78 Å². The number of rotatable bonds is 6. The number of thiophene rings is 1. The number of Topliss-reactive ketones (excluding diaryl/α,β-unsaturated/α-hetero) is 1. The van der Waals surface area contributed by atoms with E-state index < -0.39 is 10.2 Å². The maximum Gasteiger partial charge on any atom is 0.282 e. The van der Waals surface area contributed by atoms with E-state index in [9.17, 15) is 18.0 Å². The number of nitrogens with zero attached hydrogens (tertiary/aromatic N) is 3. The molecule has 0 atom stereocenters. The molecule has 0 spiro atoms. The molecule has 3 heterocycles. The van der Waals surface area contributed by atoms with Gasteiger partial charge in [-0.2, -0.15) is 17.0 Å². The van der Waals surface area contributed by atoms with Crippen molar-refractivity contribution in [3.63, 3.8) is 0 Å². The lowest BCUT2D eigenvalue weighted by Crippen LogP contribution is -2.53. The molecule has 138 valence electrons. The SMILES string of the molecule is O=C(CCC(=O)N1CCN(S(=O)(=O)N2CCCC2)CC1)c1cccs1. The zero-order valence-corrected chi connectivity index (χ0v) is 15.7. The van der Waals surface area contributed by atoms with Crippen LogP contribution in [0.4, 0.5) is 0 Å². The second-order valence-corrected chi connectivity index (χ2v) is 9.17. The van der Waals surface area contributed by atoms with Crippen molar-refractivity contribution in [2.24, 2.45) is 0 Å². The molecule has 0 saturated carbocycles. The predicted molar refractivity (Wildman–Crippen MR) is 95.8 cm³/mol. The quantitative estimate of drug-likeness (QED) is 0.690. The van der Waals surface area contributed by atoms with Crippen LogP contribution in [-0.2, 0) is 15.0 Å². The van der Waals surface area contributed by atoms with Gasteiger partial charge in [0.05, 0.1) is 4.88 Å². The molecule has 7 nitrogen and oxygen atoms in total. The summed E-state index contributed by atoms with van der Waals surface area (Å²) in [5.74, 6) is -0.0956. The van der Waals surface area contributed by atoms with Gasteiger partial charge in [0.1, 0.15) is 0 Å². The average molecular weight is 386 g/mol. The molecule has 0 unspecified atom stereocenters. The van der Waals surface area contributed by atoms with Gasteiger partial charge in [-0.15, -0.1) is 11.3 Å². The highest BCUT2D eigenvalue weighted by atomic mass is 32.2. The summed E-state index contributed by atoms with van der Waals surface area (Å²) in [4.78, 5) is 26.6. The Hall–Kier alpha value is -1.29. The van der Waals surface area contributed by atoms with Crippen LogP contribution in [0, 0.1) is 0 Å². The molecule has 25 heavy (non-hydrogen) atoms. The summed E-state index contributed by atoms with van der Waals surface area (Å²) >= 11 is 1.38. The highest BCUT2D eigenvalue weighted by molar-refractivity contribution is 7.86. The van der Waals surface area contributed by atoms with Crippen molar-refractivity contribution in [3.8, 4) is 0 Å². The summed E-state index contributed by atoms with van der Waals surface area (Å²) in [5, 5.41) is 1.84. The molecule has 0 radical (unpaired) electrons. The van der Waals surface area contributed by atoms with Crippen molar-refractivity contribution >= 4 is 33.2 Å². The Labute approximate surface area is 152 Å². The minimum absolute atomic E-state index is 0.0152. The Morgan fingerprint density at radius 3 is 2.20 bits per heavy atom. The van der Waals surface area contributed by atoms with Gasteiger partial charge in [0.25, 0.3) is 10.2 Å². The van der Waals surface area contributed by atoms with Crippen LogP contribution in [0.2, 0.25) is 0 Å². The first-order valence-corrected chi connectivity index (χ1v) is 10.9. The van der Waals surface area contributed by atoms with Gasteiger partial charge in [-0.3, -0.25) is 9.59 Å². The zero-order valence-electron chi connectivity index (χ0n) is 14.1. The third kappa shape index (κ3) is 4.28. The summed E-state index contributed by atoms with van der Waals surface area (Å²) in [6.07, 6.45) is 2.20. The van der Waals surface area contributed by atoms with Gasteiger partial charge in [-0.05, 0) is 24.3 Å². The Morgan fingerprint density at radius 2 is 1.60 bits per heavy atom. The summed E-state index contributed by atoms with van der Waals surface area (Å²) in [6.45, 7) is 2.60. The largest absolute Gasteiger partial charge is 0.340 e. The maximum atomic E-state index is 12.5. The lowest BCUT2D eigenvalue weighted by Gasteiger charge is -2.35. The standard InChI is InChI=1S/C16H23N3O4S2/c20-14(15-4-3-13-24-15)5-6-16(21)17-9-11-19(12-10-17)25(22,23)18-7-1-2-8-18/h3-4,13H,1-2,5-12H2. The fourth-order valence-electron chi connectivity index (χ4n) is 3.19. The van der Waals surface area contributed by atoms with Gasteiger partial charge in [-0.1, -0.05) is 6.07 Å². The summed E-state index contributed by atoms with van der Waals surface area (Å²) in [7, 11) is -3.39. The molecule has 2 fully saturated rings. The monoisotopic (exact) mass is 385 g/mol. The van der Waals surface area contributed by atoms with Gasteiger partial charge in [0, 0.05) is 52.1 Å². The van der Waals surface area contributed by atoms with Crippen LogP contribution in [0.5, 0.6) is 0 Å². The molecule has 0 aromatic carbocycles. The van der Waals surface area contributed by atoms with Crippen molar-refractivity contribution in [1.82, 2.24) is 13.5 Å². The topological polar surface area (TPSA) is 78.0 Å². The van der Waals surface area contributed by atoms with E-state index in [0.29, 0.717) is 44.1 Å². The van der Waals surface area contributed by atoms with Gasteiger partial charge in [0.2, 0.25) is 5.91 Å². The third-order valence-electron chi connectivity index (χ3n) is 4.67.